The highest BCUT2D eigenvalue weighted by Gasteiger charge is 2.25. The average molecular weight is 279 g/mol. The summed E-state index contributed by atoms with van der Waals surface area (Å²) in [6.07, 6.45) is 2.11. The number of rotatable bonds is 6. The van der Waals surface area contributed by atoms with Crippen molar-refractivity contribution in [2.24, 2.45) is 0 Å². The molecular weight excluding hydrogens is 254 g/mol. The van der Waals surface area contributed by atoms with Crippen molar-refractivity contribution in [3.8, 4) is 0 Å². The topological polar surface area (TPSA) is 46.6 Å². The maximum absolute atomic E-state index is 5.69. The Morgan fingerprint density at radius 3 is 3.15 bits per heavy atom. The number of morpholine rings is 1. The van der Waals surface area contributed by atoms with Crippen LogP contribution in [-0.2, 0) is 16.0 Å². The number of pyridine rings is 1. The lowest BCUT2D eigenvalue weighted by Gasteiger charge is -2.38. The first-order valence-corrected chi connectivity index (χ1v) is 7.24. The summed E-state index contributed by atoms with van der Waals surface area (Å²) in [6.45, 7) is 8.32. The summed E-state index contributed by atoms with van der Waals surface area (Å²) < 4.78 is 10.7. The number of hydrogen-bond donors (Lipinski definition) is 1. The molecule has 1 aliphatic heterocycles. The Kier molecular flexibility index (Phi) is 5.76. The molecule has 1 aliphatic rings. The van der Waals surface area contributed by atoms with Crippen LogP contribution >= 0.6 is 0 Å². The molecule has 0 amide bonds. The third kappa shape index (κ3) is 3.91. The first-order chi connectivity index (χ1) is 9.72. The zero-order valence-corrected chi connectivity index (χ0v) is 12.6. The van der Waals surface area contributed by atoms with Gasteiger partial charge in [0.15, 0.2) is 0 Å². The molecule has 2 heterocycles. The van der Waals surface area contributed by atoms with Crippen LogP contribution in [0.4, 0.5) is 5.82 Å². The minimum Gasteiger partial charge on any atom is -0.383 e. The number of nitrogens with zero attached hydrogens (tertiary/aromatic N) is 2. The second-order valence-electron chi connectivity index (χ2n) is 5.30. The van der Waals surface area contributed by atoms with E-state index in [9.17, 15) is 0 Å². The van der Waals surface area contributed by atoms with Gasteiger partial charge in [0, 0.05) is 38.5 Å². The van der Waals surface area contributed by atoms with Crippen LogP contribution in [0, 0.1) is 0 Å². The quantitative estimate of drug-likeness (QED) is 0.798. The summed E-state index contributed by atoms with van der Waals surface area (Å²) >= 11 is 0. The number of nitrogens with one attached hydrogen (secondary N) is 1. The summed E-state index contributed by atoms with van der Waals surface area (Å²) in [5.41, 5.74) is 1.23. The van der Waals surface area contributed by atoms with Gasteiger partial charge >= 0.3 is 0 Å². The highest BCUT2D eigenvalue weighted by Crippen LogP contribution is 2.23. The van der Waals surface area contributed by atoms with E-state index in [1.165, 1.54) is 5.56 Å². The Morgan fingerprint density at radius 1 is 1.50 bits per heavy atom. The van der Waals surface area contributed by atoms with Crippen molar-refractivity contribution < 1.29 is 9.47 Å². The summed E-state index contributed by atoms with van der Waals surface area (Å²) in [4.78, 5) is 6.93. The fraction of sp³-hybridized carbons (Fsp3) is 0.667. The van der Waals surface area contributed by atoms with Gasteiger partial charge in [-0.2, -0.15) is 0 Å². The minimum atomic E-state index is 0.252. The van der Waals surface area contributed by atoms with Crippen LogP contribution in [0.15, 0.2) is 18.3 Å². The molecule has 0 aromatic carbocycles. The van der Waals surface area contributed by atoms with E-state index in [0.29, 0.717) is 6.04 Å². The minimum absolute atomic E-state index is 0.252. The average Bonchev–Trinajstić information content (AvgIpc) is 2.47. The van der Waals surface area contributed by atoms with Gasteiger partial charge in [0.2, 0.25) is 0 Å². The fourth-order valence-electron chi connectivity index (χ4n) is 2.42. The summed E-state index contributed by atoms with van der Waals surface area (Å²) in [5.74, 6) is 1.07. The maximum atomic E-state index is 5.69. The fourth-order valence-corrected chi connectivity index (χ4v) is 2.42. The van der Waals surface area contributed by atoms with Gasteiger partial charge in [0.1, 0.15) is 5.82 Å². The molecule has 1 aromatic heterocycles. The Bertz CT molecular complexity index is 414. The van der Waals surface area contributed by atoms with Crippen LogP contribution in [0.25, 0.3) is 0 Å². The van der Waals surface area contributed by atoms with Crippen molar-refractivity contribution in [3.05, 3.63) is 23.9 Å². The summed E-state index contributed by atoms with van der Waals surface area (Å²) in [7, 11) is 1.72. The molecule has 0 radical (unpaired) electrons. The maximum Gasteiger partial charge on any atom is 0.133 e. The Morgan fingerprint density at radius 2 is 2.35 bits per heavy atom. The molecule has 1 fully saturated rings. The summed E-state index contributed by atoms with van der Waals surface area (Å²) in [5, 5.41) is 3.39. The number of anilines is 1. The molecule has 0 bridgehead atoms. The smallest absolute Gasteiger partial charge is 0.133 e. The molecule has 5 heteroatoms. The molecule has 1 aromatic rings. The van der Waals surface area contributed by atoms with Gasteiger partial charge in [-0.25, -0.2) is 4.98 Å². The predicted molar refractivity (Wildman–Crippen MR) is 80.0 cm³/mol. The van der Waals surface area contributed by atoms with Gasteiger partial charge in [-0.3, -0.25) is 0 Å². The zero-order chi connectivity index (χ0) is 14.4. The van der Waals surface area contributed by atoms with E-state index < -0.39 is 0 Å². The molecule has 0 aliphatic carbocycles. The van der Waals surface area contributed by atoms with Crippen LogP contribution in [-0.4, -0.2) is 50.5 Å². The van der Waals surface area contributed by atoms with E-state index in [1.807, 2.05) is 12.3 Å². The highest BCUT2D eigenvalue weighted by atomic mass is 16.5. The molecule has 112 valence electrons. The Hall–Kier alpha value is -1.17. The lowest BCUT2D eigenvalue weighted by Crippen LogP contribution is -2.48. The number of methoxy groups -OCH3 is 1. The third-order valence-corrected chi connectivity index (χ3v) is 3.55. The molecule has 2 atom stereocenters. The lowest BCUT2D eigenvalue weighted by molar-refractivity contribution is 0.0339. The summed E-state index contributed by atoms with van der Waals surface area (Å²) in [6, 6.07) is 4.49. The third-order valence-electron chi connectivity index (χ3n) is 3.55. The van der Waals surface area contributed by atoms with Crippen molar-refractivity contribution in [1.82, 2.24) is 10.3 Å². The zero-order valence-electron chi connectivity index (χ0n) is 12.6. The highest BCUT2D eigenvalue weighted by molar-refractivity contribution is 5.48. The van der Waals surface area contributed by atoms with E-state index in [4.69, 9.17) is 9.47 Å². The molecule has 0 spiro atoms. The normalized spacial score (nSPS) is 23.1. The lowest BCUT2D eigenvalue weighted by atomic mass is 10.1. The van der Waals surface area contributed by atoms with Gasteiger partial charge in [-0.05, 0) is 19.9 Å². The van der Waals surface area contributed by atoms with Crippen molar-refractivity contribution in [2.45, 2.75) is 32.5 Å². The molecule has 5 nitrogen and oxygen atoms in total. The molecule has 0 saturated carbocycles. The van der Waals surface area contributed by atoms with Crippen molar-refractivity contribution in [1.29, 1.82) is 0 Å². The van der Waals surface area contributed by atoms with Gasteiger partial charge in [-0.1, -0.05) is 6.07 Å². The molecule has 2 rings (SSSR count). The van der Waals surface area contributed by atoms with E-state index in [-0.39, 0.29) is 6.10 Å². The first-order valence-electron chi connectivity index (χ1n) is 7.24. The second kappa shape index (κ2) is 7.57. The molecule has 1 N–H and O–H groups in total. The molecule has 1 saturated heterocycles. The number of ether oxygens (including phenoxy) is 2. The van der Waals surface area contributed by atoms with Crippen molar-refractivity contribution in [2.75, 3.05) is 38.3 Å². The van der Waals surface area contributed by atoms with E-state index in [1.54, 1.807) is 7.11 Å². The van der Waals surface area contributed by atoms with Gasteiger partial charge in [-0.15, -0.1) is 0 Å². The van der Waals surface area contributed by atoms with Crippen LogP contribution < -0.4 is 10.2 Å². The molecular formula is C15H25N3O2. The second-order valence-corrected chi connectivity index (χ2v) is 5.30. The van der Waals surface area contributed by atoms with Crippen molar-refractivity contribution >= 4 is 5.82 Å². The number of hydrogen-bond acceptors (Lipinski definition) is 5. The number of aromatic nitrogens is 1. The van der Waals surface area contributed by atoms with E-state index >= 15 is 0 Å². The first kappa shape index (κ1) is 15.2. The monoisotopic (exact) mass is 279 g/mol. The molecule has 20 heavy (non-hydrogen) atoms. The predicted octanol–water partition coefficient (Wildman–Crippen LogP) is 1.43. The van der Waals surface area contributed by atoms with Gasteiger partial charge in [0.05, 0.1) is 25.4 Å². The Balaban J connectivity index is 2.06. The van der Waals surface area contributed by atoms with E-state index in [2.05, 4.69) is 35.1 Å². The van der Waals surface area contributed by atoms with E-state index in [0.717, 1.165) is 38.7 Å². The largest absolute Gasteiger partial charge is 0.383 e. The van der Waals surface area contributed by atoms with Gasteiger partial charge < -0.3 is 19.7 Å². The SMILES string of the molecule is COCCNCc1cccnc1N1CC(C)OCC1C. The van der Waals surface area contributed by atoms with Crippen molar-refractivity contribution in [3.63, 3.8) is 0 Å². The van der Waals surface area contributed by atoms with Crippen LogP contribution in [0.1, 0.15) is 19.4 Å². The van der Waals surface area contributed by atoms with Crippen LogP contribution in [0.2, 0.25) is 0 Å². The Labute approximate surface area is 121 Å². The standard InChI is InChI=1S/C15H25N3O2/c1-12-11-20-13(2)10-18(12)15-14(5-4-6-17-15)9-16-7-8-19-3/h4-6,12-13,16H,7-11H2,1-3H3. The van der Waals surface area contributed by atoms with Gasteiger partial charge in [0.25, 0.3) is 0 Å². The molecule has 2 unspecified atom stereocenters. The van der Waals surface area contributed by atoms with Crippen LogP contribution in [0.5, 0.6) is 0 Å². The van der Waals surface area contributed by atoms with Crippen LogP contribution in [0.3, 0.4) is 0 Å².